The van der Waals surface area contributed by atoms with Crippen molar-refractivity contribution in [3.8, 4) is 11.5 Å². The first-order valence-electron chi connectivity index (χ1n) is 11.9. The SMILES string of the molecule is CCCc1c(OCCCSCC2COC3(CCCC(CC(=O)O)C3)S2)ccc(C(C)=O)c1O. The van der Waals surface area contributed by atoms with Crippen molar-refractivity contribution < 1.29 is 29.3 Å². The van der Waals surface area contributed by atoms with Crippen LogP contribution in [0.2, 0.25) is 0 Å². The molecule has 3 rings (SSSR count). The van der Waals surface area contributed by atoms with Crippen LogP contribution in [0.5, 0.6) is 11.5 Å². The first-order valence-corrected chi connectivity index (χ1v) is 14.0. The second kappa shape index (κ2) is 12.4. The number of phenolic OH excluding ortho intramolecular Hbond substituents is 1. The molecule has 1 aromatic rings. The van der Waals surface area contributed by atoms with E-state index in [1.807, 2.05) is 30.4 Å². The zero-order valence-electron chi connectivity index (χ0n) is 19.6. The van der Waals surface area contributed by atoms with Crippen LogP contribution in [0.4, 0.5) is 0 Å². The van der Waals surface area contributed by atoms with E-state index in [4.69, 9.17) is 14.6 Å². The second-order valence-corrected chi connectivity index (χ2v) is 11.8. The lowest BCUT2D eigenvalue weighted by Gasteiger charge is -2.36. The van der Waals surface area contributed by atoms with Crippen LogP contribution in [0.15, 0.2) is 12.1 Å². The Balaban J connectivity index is 1.38. The molecule has 1 aliphatic carbocycles. The molecule has 2 aliphatic rings. The molecule has 1 aliphatic heterocycles. The van der Waals surface area contributed by atoms with Crippen LogP contribution in [0.25, 0.3) is 0 Å². The number of thioether (sulfide) groups is 2. The van der Waals surface area contributed by atoms with Crippen molar-refractivity contribution in [2.45, 2.75) is 75.4 Å². The zero-order chi connectivity index (χ0) is 23.8. The monoisotopic (exact) mass is 496 g/mol. The summed E-state index contributed by atoms with van der Waals surface area (Å²) in [7, 11) is 0. The fraction of sp³-hybridized carbons (Fsp3) is 0.680. The Morgan fingerprint density at radius 1 is 1.36 bits per heavy atom. The first kappa shape index (κ1) is 26.2. The standard InChI is InChI=1S/C25H36O6S2/c1-3-6-21-22(9-8-20(17(2)26)24(21)29)30-11-5-12-32-16-19-15-31-25(33-19)10-4-7-18(14-25)13-23(27)28/h8-9,18-19,29H,3-7,10-16H2,1-2H3,(H,27,28). The fourth-order valence-corrected chi connectivity index (χ4v) is 7.63. The number of ketones is 1. The molecule has 1 spiro atoms. The van der Waals surface area contributed by atoms with Gasteiger partial charge in [-0.1, -0.05) is 13.3 Å². The minimum atomic E-state index is -0.707. The van der Waals surface area contributed by atoms with Gasteiger partial charge in [-0.25, -0.2) is 0 Å². The van der Waals surface area contributed by atoms with E-state index in [-0.39, 0.29) is 28.8 Å². The Bertz CT molecular complexity index is 829. The van der Waals surface area contributed by atoms with E-state index < -0.39 is 5.97 Å². The number of aliphatic carboxylic acids is 1. The number of hydrogen-bond acceptors (Lipinski definition) is 7. The normalized spacial score (nSPS) is 24.8. The van der Waals surface area contributed by atoms with Gasteiger partial charge in [-0.05, 0) is 69.3 Å². The summed E-state index contributed by atoms with van der Waals surface area (Å²) in [6, 6.07) is 3.43. The van der Waals surface area contributed by atoms with Gasteiger partial charge in [0.1, 0.15) is 16.4 Å². The number of Topliss-reactive ketones (excluding diaryl/α,β-unsaturated/α-hetero) is 1. The van der Waals surface area contributed by atoms with Crippen LogP contribution in [-0.4, -0.2) is 56.9 Å². The van der Waals surface area contributed by atoms with Crippen LogP contribution in [0, 0.1) is 5.92 Å². The average molecular weight is 497 g/mol. The van der Waals surface area contributed by atoms with Crippen LogP contribution >= 0.6 is 23.5 Å². The molecule has 1 aromatic carbocycles. The molecule has 1 heterocycles. The molecule has 6 nitrogen and oxygen atoms in total. The van der Waals surface area contributed by atoms with E-state index in [0.717, 1.165) is 62.2 Å². The van der Waals surface area contributed by atoms with E-state index in [9.17, 15) is 14.7 Å². The van der Waals surface area contributed by atoms with Gasteiger partial charge >= 0.3 is 5.97 Å². The van der Waals surface area contributed by atoms with Crippen LogP contribution < -0.4 is 4.74 Å². The third kappa shape index (κ3) is 7.30. The van der Waals surface area contributed by atoms with Crippen molar-refractivity contribution in [1.29, 1.82) is 0 Å². The van der Waals surface area contributed by atoms with Crippen LogP contribution in [-0.2, 0) is 16.0 Å². The molecule has 0 aromatic heterocycles. The number of aromatic hydroxyl groups is 1. The number of benzene rings is 1. The smallest absolute Gasteiger partial charge is 0.303 e. The Hall–Kier alpha value is -1.38. The van der Waals surface area contributed by atoms with Crippen molar-refractivity contribution >= 4 is 35.3 Å². The number of ether oxygens (including phenoxy) is 2. The maximum Gasteiger partial charge on any atom is 0.303 e. The minimum absolute atomic E-state index is 0.0525. The Kier molecular flexibility index (Phi) is 9.82. The summed E-state index contributed by atoms with van der Waals surface area (Å²) in [6.07, 6.45) is 6.60. The van der Waals surface area contributed by atoms with E-state index in [1.54, 1.807) is 12.1 Å². The number of carboxylic acid groups (broad SMARTS) is 1. The van der Waals surface area contributed by atoms with Gasteiger partial charge in [-0.15, -0.1) is 11.8 Å². The highest BCUT2D eigenvalue weighted by Crippen LogP contribution is 2.50. The van der Waals surface area contributed by atoms with Crippen molar-refractivity contribution in [2.75, 3.05) is 24.7 Å². The van der Waals surface area contributed by atoms with Gasteiger partial charge < -0.3 is 19.7 Å². The molecule has 184 valence electrons. The summed E-state index contributed by atoms with van der Waals surface area (Å²) in [5, 5.41) is 20.0. The van der Waals surface area contributed by atoms with Gasteiger partial charge in [0.05, 0.1) is 18.8 Å². The lowest BCUT2D eigenvalue weighted by molar-refractivity contribution is -0.138. The lowest BCUT2D eigenvalue weighted by atomic mass is 9.84. The van der Waals surface area contributed by atoms with Crippen molar-refractivity contribution in [1.82, 2.24) is 0 Å². The summed E-state index contributed by atoms with van der Waals surface area (Å²) < 4.78 is 12.1. The molecule has 0 radical (unpaired) electrons. The number of carboxylic acids is 1. The summed E-state index contributed by atoms with van der Waals surface area (Å²) in [6.45, 7) is 4.81. The fourth-order valence-electron chi connectivity index (χ4n) is 4.75. The third-order valence-corrected chi connectivity index (χ3v) is 9.24. The largest absolute Gasteiger partial charge is 0.507 e. The van der Waals surface area contributed by atoms with Gasteiger partial charge in [0.25, 0.3) is 0 Å². The highest BCUT2D eigenvalue weighted by molar-refractivity contribution is 8.04. The Morgan fingerprint density at radius 2 is 2.18 bits per heavy atom. The molecule has 3 atom stereocenters. The maximum atomic E-state index is 11.7. The van der Waals surface area contributed by atoms with Gasteiger partial charge in [-0.2, -0.15) is 11.8 Å². The van der Waals surface area contributed by atoms with E-state index >= 15 is 0 Å². The van der Waals surface area contributed by atoms with E-state index in [2.05, 4.69) is 0 Å². The van der Waals surface area contributed by atoms with Crippen LogP contribution in [0.3, 0.4) is 0 Å². The summed E-state index contributed by atoms with van der Waals surface area (Å²) in [4.78, 5) is 22.6. The molecule has 2 fully saturated rings. The molecular weight excluding hydrogens is 460 g/mol. The molecule has 8 heteroatoms. The van der Waals surface area contributed by atoms with Crippen molar-refractivity contribution in [3.63, 3.8) is 0 Å². The van der Waals surface area contributed by atoms with Gasteiger partial charge in [0.15, 0.2) is 5.78 Å². The number of carbonyl (C=O) groups is 2. The molecule has 1 saturated heterocycles. The number of hydrogen-bond donors (Lipinski definition) is 2. The van der Waals surface area contributed by atoms with E-state index in [0.29, 0.717) is 29.6 Å². The first-order chi connectivity index (χ1) is 15.8. The molecule has 0 amide bonds. The second-order valence-electron chi connectivity index (χ2n) is 9.04. The highest BCUT2D eigenvalue weighted by atomic mass is 32.2. The predicted octanol–water partition coefficient (Wildman–Crippen LogP) is 5.54. The molecular formula is C25H36O6S2. The third-order valence-electron chi connectivity index (χ3n) is 6.26. The zero-order valence-corrected chi connectivity index (χ0v) is 21.3. The molecule has 3 unspecified atom stereocenters. The maximum absolute atomic E-state index is 11.7. The van der Waals surface area contributed by atoms with Gasteiger partial charge in [-0.3, -0.25) is 9.59 Å². The average Bonchev–Trinajstić information content (AvgIpc) is 3.13. The Labute approximate surface area is 205 Å². The van der Waals surface area contributed by atoms with Gasteiger partial charge in [0.2, 0.25) is 0 Å². The lowest BCUT2D eigenvalue weighted by Crippen LogP contribution is -2.32. The quantitative estimate of drug-likeness (QED) is 0.288. The molecule has 1 saturated carbocycles. The molecule has 33 heavy (non-hydrogen) atoms. The van der Waals surface area contributed by atoms with Crippen molar-refractivity contribution in [3.05, 3.63) is 23.3 Å². The highest BCUT2D eigenvalue weighted by Gasteiger charge is 2.44. The topological polar surface area (TPSA) is 93.1 Å². The van der Waals surface area contributed by atoms with Crippen LogP contribution in [0.1, 0.15) is 74.7 Å². The summed E-state index contributed by atoms with van der Waals surface area (Å²) in [5.41, 5.74) is 1.07. The minimum Gasteiger partial charge on any atom is -0.507 e. The molecule has 2 N–H and O–H groups in total. The molecule has 0 bridgehead atoms. The number of carbonyl (C=O) groups excluding carboxylic acids is 1. The van der Waals surface area contributed by atoms with Gasteiger partial charge in [0, 0.05) is 23.0 Å². The Morgan fingerprint density at radius 3 is 2.91 bits per heavy atom. The summed E-state index contributed by atoms with van der Waals surface area (Å²) >= 11 is 3.81. The number of phenols is 1. The van der Waals surface area contributed by atoms with E-state index in [1.165, 1.54) is 6.92 Å². The number of rotatable bonds is 12. The predicted molar refractivity (Wildman–Crippen MR) is 134 cm³/mol. The van der Waals surface area contributed by atoms with Crippen molar-refractivity contribution in [2.24, 2.45) is 5.92 Å². The summed E-state index contributed by atoms with van der Waals surface area (Å²) in [5.74, 6) is 2.09.